The van der Waals surface area contributed by atoms with Gasteiger partial charge in [0, 0.05) is 64.6 Å². The molecule has 0 amide bonds. The Labute approximate surface area is 359 Å². The van der Waals surface area contributed by atoms with Gasteiger partial charge >= 0.3 is 0 Å². The SMILES string of the molecule is [2H]C([2H])([2H])c1ccc2c(c1)c1ccc3cc1n2c1cc(C([2H])([2H])[2H])c(cn1)c1ccc(cc1)oc1ccccc1c1cccc(-c2ccccc2)c1[nH]c1ccccc1[nH]c1cccc(c1)o3. The standard InChI is InChI=1S/C55H40N4O2/c1-35-22-29-51-47(30-35)44-28-27-42-33-52(44)59(51)54-31-36(2)48(34-56-54)38-23-25-40(26-24-38)61-53-21-9-6-16-45(53)46-18-11-17-43(37-12-4-3-5-13-37)55(46)58-50-20-8-7-19-49(50)57-39-14-10-15-41(32-39)60-42/h3-34,57-58H,1-2H3/i1D3,2D3. The summed E-state index contributed by atoms with van der Waals surface area (Å²) in [6, 6.07) is 59.7. The van der Waals surface area contributed by atoms with Crippen molar-refractivity contribution in [3.63, 3.8) is 0 Å². The number of hydrogen-bond acceptors (Lipinski definition) is 3. The molecule has 0 fully saturated rings. The van der Waals surface area contributed by atoms with Crippen LogP contribution < -0.4 is 0 Å². The van der Waals surface area contributed by atoms with Crippen LogP contribution in [-0.2, 0) is 0 Å². The molecule has 61 heavy (non-hydrogen) atoms. The maximum Gasteiger partial charge on any atom is 0.137 e. The number of fused-ring (bicyclic) bond motifs is 4. The summed E-state index contributed by atoms with van der Waals surface area (Å²) < 4.78 is 65.8. The Morgan fingerprint density at radius 3 is 2.15 bits per heavy atom. The lowest BCUT2D eigenvalue weighted by molar-refractivity contribution is 0.656. The summed E-state index contributed by atoms with van der Waals surface area (Å²) >= 11 is 0. The Bertz CT molecular complexity index is 4020. The highest BCUT2D eigenvalue weighted by Gasteiger charge is 2.12. The molecule has 0 atom stereocenters. The molecule has 13 aromatic rings. The third kappa shape index (κ3) is 6.70. The van der Waals surface area contributed by atoms with Crippen molar-refractivity contribution in [2.24, 2.45) is 0 Å². The van der Waals surface area contributed by atoms with Gasteiger partial charge in [-0.15, -0.1) is 0 Å². The summed E-state index contributed by atoms with van der Waals surface area (Å²) in [6.45, 7) is -4.86. The molecular formula is C55H40N4O2. The number of H-pyrrole nitrogens is 2. The number of hydrogen-bond donors (Lipinski definition) is 2. The molecule has 8 aromatic carbocycles. The first-order valence-electron chi connectivity index (χ1n) is 23.0. The van der Waals surface area contributed by atoms with Crippen LogP contribution in [0.5, 0.6) is 0 Å². The summed E-state index contributed by atoms with van der Waals surface area (Å²) in [5, 5.41) is 4.30. The topological polar surface area (TPSA) is 75.2 Å². The van der Waals surface area contributed by atoms with E-state index >= 15 is 0 Å². The number of pyridine rings is 1. The number of para-hydroxylation sites is 4. The highest BCUT2D eigenvalue weighted by Crippen LogP contribution is 2.33. The number of benzene rings is 8. The van der Waals surface area contributed by atoms with Gasteiger partial charge in [0.15, 0.2) is 0 Å². The van der Waals surface area contributed by atoms with Crippen LogP contribution in [0.4, 0.5) is 0 Å². The molecule has 5 heterocycles. The van der Waals surface area contributed by atoms with E-state index in [0.717, 1.165) is 49.4 Å². The molecule has 13 rings (SSSR count). The monoisotopic (exact) mass is 794 g/mol. The van der Waals surface area contributed by atoms with Crippen LogP contribution in [-0.4, -0.2) is 19.4 Å². The molecule has 0 spiro atoms. The zero-order valence-electron chi connectivity index (χ0n) is 38.7. The van der Waals surface area contributed by atoms with Crippen LogP contribution in [0.15, 0.2) is 203 Å². The van der Waals surface area contributed by atoms with Crippen LogP contribution >= 0.6 is 0 Å². The van der Waals surface area contributed by atoms with Crippen molar-refractivity contribution in [1.82, 2.24) is 19.4 Å². The van der Waals surface area contributed by atoms with Crippen molar-refractivity contribution in [2.75, 3.05) is 0 Å². The van der Waals surface area contributed by atoms with Gasteiger partial charge in [-0.3, -0.25) is 4.40 Å². The number of rotatable bonds is 1. The largest absolute Gasteiger partial charge is 0.457 e. The summed E-state index contributed by atoms with van der Waals surface area (Å²) in [5.41, 5.74) is 9.62. The second-order valence-electron chi connectivity index (χ2n) is 15.0. The van der Waals surface area contributed by atoms with E-state index in [1.54, 1.807) is 30.5 Å². The molecule has 0 unspecified atom stereocenters. The third-order valence-electron chi connectivity index (χ3n) is 11.1. The van der Waals surface area contributed by atoms with Crippen LogP contribution in [0.25, 0.3) is 105 Å². The van der Waals surface area contributed by atoms with Gasteiger partial charge < -0.3 is 18.8 Å². The van der Waals surface area contributed by atoms with E-state index in [1.165, 1.54) is 0 Å². The molecule has 8 bridgehead atoms. The Hall–Kier alpha value is -8.09. The van der Waals surface area contributed by atoms with Crippen molar-refractivity contribution in [1.29, 1.82) is 0 Å². The maximum atomic E-state index is 8.73. The lowest BCUT2D eigenvalue weighted by Gasteiger charge is -2.08. The molecule has 6 heteroatoms. The van der Waals surface area contributed by atoms with E-state index in [4.69, 9.17) is 22.0 Å². The number of nitrogens with zero attached hydrogens (tertiary/aromatic N) is 2. The van der Waals surface area contributed by atoms with Gasteiger partial charge in [-0.05, 0) is 103 Å². The molecule has 6 nitrogen and oxygen atoms in total. The minimum atomic E-state index is -2.52. The maximum absolute atomic E-state index is 8.73. The Morgan fingerprint density at radius 1 is 0.508 bits per heavy atom. The molecule has 0 aliphatic carbocycles. The third-order valence-corrected chi connectivity index (χ3v) is 11.1. The van der Waals surface area contributed by atoms with Crippen molar-refractivity contribution >= 4 is 93.4 Å². The van der Waals surface area contributed by atoms with Crippen molar-refractivity contribution in [2.45, 2.75) is 13.7 Å². The molecule has 0 saturated heterocycles. The first-order chi connectivity index (χ1) is 32.4. The van der Waals surface area contributed by atoms with E-state index in [2.05, 4.69) is 40.3 Å². The van der Waals surface area contributed by atoms with Gasteiger partial charge in [-0.1, -0.05) is 109 Å². The number of aryl methyl sites for hydroxylation is 2. The Morgan fingerprint density at radius 2 is 1.28 bits per heavy atom. The predicted octanol–water partition coefficient (Wildman–Crippen LogP) is 15.2. The predicted molar refractivity (Wildman–Crippen MR) is 254 cm³/mol. The number of nitrogens with one attached hydrogen (secondary N) is 2. The molecule has 0 saturated carbocycles. The van der Waals surface area contributed by atoms with Gasteiger partial charge in [0.2, 0.25) is 0 Å². The Balaban J connectivity index is 1.30. The average molecular weight is 795 g/mol. The highest BCUT2D eigenvalue weighted by molar-refractivity contribution is 6.10. The second-order valence-corrected chi connectivity index (χ2v) is 15.0. The fourth-order valence-corrected chi connectivity index (χ4v) is 8.25. The summed E-state index contributed by atoms with van der Waals surface area (Å²) in [4.78, 5) is 12.4. The first kappa shape index (κ1) is 30.0. The first-order valence-corrected chi connectivity index (χ1v) is 20.0. The molecular weight excluding hydrogens is 749 g/mol. The summed E-state index contributed by atoms with van der Waals surface area (Å²) in [7, 11) is 0. The van der Waals surface area contributed by atoms with E-state index in [1.807, 2.05) is 138 Å². The highest BCUT2D eigenvalue weighted by atomic mass is 16.3. The van der Waals surface area contributed by atoms with Crippen LogP contribution in [0.2, 0.25) is 0 Å². The zero-order chi connectivity index (χ0) is 45.9. The number of aromatic amines is 2. The minimum Gasteiger partial charge on any atom is -0.457 e. The lowest BCUT2D eigenvalue weighted by Crippen LogP contribution is -1.90. The van der Waals surface area contributed by atoms with Crippen molar-refractivity contribution in [3.8, 4) is 11.1 Å². The van der Waals surface area contributed by atoms with Crippen molar-refractivity contribution in [3.05, 3.63) is 205 Å². The fraction of sp³-hybridized carbons (Fsp3) is 0.0364. The van der Waals surface area contributed by atoms with Crippen molar-refractivity contribution < 1.29 is 17.1 Å². The molecule has 2 N–H and O–H groups in total. The molecule has 5 aromatic heterocycles. The molecule has 292 valence electrons. The minimum absolute atomic E-state index is 0.104. The van der Waals surface area contributed by atoms with Gasteiger partial charge in [0.1, 0.15) is 28.0 Å². The second kappa shape index (κ2) is 14.9. The fourth-order valence-electron chi connectivity index (χ4n) is 8.25. The quantitative estimate of drug-likeness (QED) is 0.174. The molecule has 0 radical (unpaired) electrons. The summed E-state index contributed by atoms with van der Waals surface area (Å²) in [6.07, 6.45) is 1.59. The molecule has 0 aliphatic heterocycles. The Kier molecular flexibility index (Phi) is 7.35. The lowest BCUT2D eigenvalue weighted by atomic mass is 10.0. The van der Waals surface area contributed by atoms with Crippen LogP contribution in [0.3, 0.4) is 0 Å². The van der Waals surface area contributed by atoms with Gasteiger partial charge in [0.25, 0.3) is 0 Å². The van der Waals surface area contributed by atoms with E-state index in [-0.39, 0.29) is 11.1 Å². The number of aromatic nitrogens is 4. The smallest absolute Gasteiger partial charge is 0.137 e. The van der Waals surface area contributed by atoms with E-state index in [0.29, 0.717) is 55.2 Å². The van der Waals surface area contributed by atoms with E-state index < -0.39 is 13.7 Å². The average Bonchev–Trinajstić information content (AvgIpc) is 3.65. The molecule has 0 aliphatic rings. The van der Waals surface area contributed by atoms with E-state index in [9.17, 15) is 0 Å². The van der Waals surface area contributed by atoms with Gasteiger partial charge in [-0.25, -0.2) is 4.98 Å². The van der Waals surface area contributed by atoms with Gasteiger partial charge in [-0.2, -0.15) is 0 Å². The van der Waals surface area contributed by atoms with Gasteiger partial charge in [0.05, 0.1) is 27.6 Å². The zero-order valence-corrected chi connectivity index (χ0v) is 32.7. The van der Waals surface area contributed by atoms with Crippen LogP contribution in [0.1, 0.15) is 19.4 Å². The summed E-state index contributed by atoms with van der Waals surface area (Å²) in [5.74, 6) is 0. The van der Waals surface area contributed by atoms with Crippen LogP contribution in [0, 0.1) is 13.7 Å². The normalized spacial score (nSPS) is 13.3.